The Hall–Kier alpha value is -1.98. The first-order valence-corrected chi connectivity index (χ1v) is 8.58. The van der Waals surface area contributed by atoms with Gasteiger partial charge in [-0.05, 0) is 37.1 Å². The van der Waals surface area contributed by atoms with E-state index in [0.29, 0.717) is 32.5 Å². The molecule has 0 saturated heterocycles. The molecule has 1 aliphatic carbocycles. The number of carbonyl (C=O) groups excluding carboxylic acids is 1. The summed E-state index contributed by atoms with van der Waals surface area (Å²) in [5.41, 5.74) is 6.65. The standard InChI is InChI=1S/C20H22F2N2O.ClH/c21-17-8-4-9-18(22)19(17)15-12-16(15)20(25)24(11-5-10-23)13-14-6-2-1-3-7-14;/h1-4,6-9,15-16H,5,10-13,23H2;1H. The highest BCUT2D eigenvalue weighted by atomic mass is 35.5. The van der Waals surface area contributed by atoms with Crippen LogP contribution in [0.4, 0.5) is 8.78 Å². The van der Waals surface area contributed by atoms with Crippen molar-refractivity contribution in [1.29, 1.82) is 0 Å². The lowest BCUT2D eigenvalue weighted by Gasteiger charge is -2.23. The molecule has 2 aromatic rings. The Balaban J connectivity index is 0.00000243. The SMILES string of the molecule is Cl.NCCCN(Cc1ccccc1)C(=O)C1CC1c1c(F)cccc1F. The van der Waals surface area contributed by atoms with Gasteiger partial charge in [-0.2, -0.15) is 0 Å². The van der Waals surface area contributed by atoms with Gasteiger partial charge >= 0.3 is 0 Å². The van der Waals surface area contributed by atoms with Gasteiger partial charge in [0.1, 0.15) is 11.6 Å². The summed E-state index contributed by atoms with van der Waals surface area (Å²) in [5, 5.41) is 0. The van der Waals surface area contributed by atoms with Crippen LogP contribution in [0.1, 0.15) is 29.9 Å². The molecular formula is C20H23ClF2N2O. The fourth-order valence-electron chi connectivity index (χ4n) is 3.24. The molecule has 6 heteroatoms. The Morgan fingerprint density at radius 1 is 1.08 bits per heavy atom. The zero-order chi connectivity index (χ0) is 17.8. The Labute approximate surface area is 158 Å². The van der Waals surface area contributed by atoms with Gasteiger partial charge in [-0.3, -0.25) is 4.79 Å². The van der Waals surface area contributed by atoms with Crippen LogP contribution in [0.3, 0.4) is 0 Å². The van der Waals surface area contributed by atoms with Gasteiger partial charge in [0.25, 0.3) is 0 Å². The maximum atomic E-state index is 13.9. The average Bonchev–Trinajstić information content (AvgIpc) is 3.39. The van der Waals surface area contributed by atoms with Crippen molar-refractivity contribution >= 4 is 18.3 Å². The van der Waals surface area contributed by atoms with E-state index >= 15 is 0 Å². The highest BCUT2D eigenvalue weighted by Gasteiger charge is 2.48. The fourth-order valence-corrected chi connectivity index (χ4v) is 3.24. The molecule has 2 unspecified atom stereocenters. The first kappa shape index (κ1) is 20.3. The molecule has 1 amide bonds. The van der Waals surface area contributed by atoms with Crippen LogP contribution in [0.2, 0.25) is 0 Å². The molecule has 0 spiro atoms. The summed E-state index contributed by atoms with van der Waals surface area (Å²) in [5.74, 6) is -1.92. The van der Waals surface area contributed by atoms with E-state index in [9.17, 15) is 13.6 Å². The van der Waals surface area contributed by atoms with E-state index in [4.69, 9.17) is 5.73 Å². The van der Waals surface area contributed by atoms with Crippen molar-refractivity contribution in [3.05, 3.63) is 71.3 Å². The zero-order valence-corrected chi connectivity index (χ0v) is 15.2. The predicted octanol–water partition coefficient (Wildman–Crippen LogP) is 3.87. The van der Waals surface area contributed by atoms with Gasteiger partial charge in [-0.1, -0.05) is 36.4 Å². The monoisotopic (exact) mass is 380 g/mol. The Kier molecular flexibility index (Phi) is 7.12. The molecule has 3 rings (SSSR count). The molecule has 2 N–H and O–H groups in total. The Morgan fingerprint density at radius 2 is 1.73 bits per heavy atom. The number of rotatable bonds is 7. The lowest BCUT2D eigenvalue weighted by Crippen LogP contribution is -2.34. The lowest BCUT2D eigenvalue weighted by atomic mass is 10.1. The number of nitrogens with two attached hydrogens (primary N) is 1. The van der Waals surface area contributed by atoms with Crippen molar-refractivity contribution in [1.82, 2.24) is 4.90 Å². The third-order valence-corrected chi connectivity index (χ3v) is 4.64. The number of hydrogen-bond donors (Lipinski definition) is 1. The van der Waals surface area contributed by atoms with E-state index in [1.54, 1.807) is 4.90 Å². The van der Waals surface area contributed by atoms with E-state index in [1.165, 1.54) is 18.2 Å². The number of carbonyl (C=O) groups is 1. The summed E-state index contributed by atoms with van der Waals surface area (Å²) in [4.78, 5) is 14.6. The topological polar surface area (TPSA) is 46.3 Å². The quantitative estimate of drug-likeness (QED) is 0.792. The van der Waals surface area contributed by atoms with Gasteiger partial charge < -0.3 is 10.6 Å². The lowest BCUT2D eigenvalue weighted by molar-refractivity contribution is -0.133. The van der Waals surface area contributed by atoms with E-state index in [1.807, 2.05) is 30.3 Å². The maximum absolute atomic E-state index is 13.9. The van der Waals surface area contributed by atoms with Crippen molar-refractivity contribution in [2.45, 2.75) is 25.3 Å². The Bertz CT molecular complexity index is 722. The van der Waals surface area contributed by atoms with Gasteiger partial charge in [-0.15, -0.1) is 12.4 Å². The van der Waals surface area contributed by atoms with Gasteiger partial charge in [-0.25, -0.2) is 8.78 Å². The fraction of sp³-hybridized carbons (Fsp3) is 0.350. The van der Waals surface area contributed by atoms with Crippen LogP contribution in [-0.4, -0.2) is 23.9 Å². The van der Waals surface area contributed by atoms with Crippen LogP contribution < -0.4 is 5.73 Å². The summed E-state index contributed by atoms with van der Waals surface area (Å²) < 4.78 is 27.9. The van der Waals surface area contributed by atoms with Crippen molar-refractivity contribution in [3.8, 4) is 0 Å². The molecule has 0 heterocycles. The third-order valence-electron chi connectivity index (χ3n) is 4.64. The number of benzene rings is 2. The van der Waals surface area contributed by atoms with Crippen LogP contribution in [0.5, 0.6) is 0 Å². The molecule has 0 aromatic heterocycles. The molecule has 1 aliphatic rings. The summed E-state index contributed by atoms with van der Waals surface area (Å²) in [6.07, 6.45) is 1.19. The minimum absolute atomic E-state index is 0. The highest BCUT2D eigenvalue weighted by molar-refractivity contribution is 5.85. The number of halogens is 3. The second-order valence-corrected chi connectivity index (χ2v) is 6.47. The van der Waals surface area contributed by atoms with Gasteiger partial charge in [0.15, 0.2) is 0 Å². The maximum Gasteiger partial charge on any atom is 0.226 e. The molecule has 3 nitrogen and oxygen atoms in total. The minimum atomic E-state index is -0.572. The first-order chi connectivity index (χ1) is 12.1. The number of hydrogen-bond acceptors (Lipinski definition) is 2. The molecule has 140 valence electrons. The molecule has 0 bridgehead atoms. The second kappa shape index (κ2) is 9.10. The third kappa shape index (κ3) is 4.59. The van der Waals surface area contributed by atoms with Crippen molar-refractivity contribution < 1.29 is 13.6 Å². The van der Waals surface area contributed by atoms with Crippen LogP contribution >= 0.6 is 12.4 Å². The molecule has 2 atom stereocenters. The summed E-state index contributed by atoms with van der Waals surface area (Å²) in [7, 11) is 0. The van der Waals surface area contributed by atoms with Crippen molar-refractivity contribution in [2.24, 2.45) is 11.7 Å². The number of nitrogens with zero attached hydrogens (tertiary/aromatic N) is 1. The average molecular weight is 381 g/mol. The smallest absolute Gasteiger partial charge is 0.226 e. The van der Waals surface area contributed by atoms with Crippen molar-refractivity contribution in [3.63, 3.8) is 0 Å². The van der Waals surface area contributed by atoms with Gasteiger partial charge in [0.2, 0.25) is 5.91 Å². The molecule has 26 heavy (non-hydrogen) atoms. The summed E-state index contributed by atoms with van der Waals surface area (Å²) in [6, 6.07) is 13.5. The second-order valence-electron chi connectivity index (χ2n) is 6.47. The van der Waals surface area contributed by atoms with E-state index < -0.39 is 11.6 Å². The molecule has 1 fully saturated rings. The first-order valence-electron chi connectivity index (χ1n) is 8.58. The predicted molar refractivity (Wildman–Crippen MR) is 100.0 cm³/mol. The minimum Gasteiger partial charge on any atom is -0.338 e. The van der Waals surface area contributed by atoms with Crippen LogP contribution in [-0.2, 0) is 11.3 Å². The van der Waals surface area contributed by atoms with Gasteiger partial charge in [0, 0.05) is 30.5 Å². The largest absolute Gasteiger partial charge is 0.338 e. The molecule has 0 aliphatic heterocycles. The summed E-state index contributed by atoms with van der Waals surface area (Å²) in [6.45, 7) is 1.53. The van der Waals surface area contributed by atoms with Crippen LogP contribution in [0, 0.1) is 17.6 Å². The normalized spacial score (nSPS) is 18.1. The molecular weight excluding hydrogens is 358 g/mol. The van der Waals surface area contributed by atoms with Crippen molar-refractivity contribution in [2.75, 3.05) is 13.1 Å². The van der Waals surface area contributed by atoms with E-state index in [0.717, 1.165) is 5.56 Å². The highest BCUT2D eigenvalue weighted by Crippen LogP contribution is 2.50. The summed E-state index contributed by atoms with van der Waals surface area (Å²) >= 11 is 0. The molecule has 0 radical (unpaired) electrons. The van der Waals surface area contributed by atoms with E-state index in [-0.39, 0.29) is 35.7 Å². The van der Waals surface area contributed by atoms with Gasteiger partial charge in [0.05, 0.1) is 0 Å². The zero-order valence-electron chi connectivity index (χ0n) is 14.4. The molecule has 1 saturated carbocycles. The number of amides is 1. The Morgan fingerprint density at radius 3 is 2.35 bits per heavy atom. The van der Waals surface area contributed by atoms with Crippen LogP contribution in [0.15, 0.2) is 48.5 Å². The molecule has 2 aromatic carbocycles. The van der Waals surface area contributed by atoms with E-state index in [2.05, 4.69) is 0 Å². The van der Waals surface area contributed by atoms with Crippen LogP contribution in [0.25, 0.3) is 0 Å².